The van der Waals surface area contributed by atoms with Crippen LogP contribution in [0.25, 0.3) is 0 Å². The molecule has 1 unspecified atom stereocenters. The average Bonchev–Trinajstić information content (AvgIpc) is 2.25. The van der Waals surface area contributed by atoms with Gasteiger partial charge in [-0.1, -0.05) is 13.8 Å². The minimum absolute atomic E-state index is 0.133. The van der Waals surface area contributed by atoms with Crippen LogP contribution in [-0.4, -0.2) is 30.7 Å². The van der Waals surface area contributed by atoms with Gasteiger partial charge in [0.2, 0.25) is 5.91 Å². The van der Waals surface area contributed by atoms with Crippen LogP contribution in [0.4, 0.5) is 0 Å². The molecular formula is C15H30N2O2. The zero-order valence-corrected chi connectivity index (χ0v) is 12.9. The summed E-state index contributed by atoms with van der Waals surface area (Å²) in [4.78, 5) is 12.1. The third-order valence-corrected chi connectivity index (χ3v) is 3.82. The number of rotatable bonds is 8. The molecule has 3 N–H and O–H groups in total. The Morgan fingerprint density at radius 2 is 2.11 bits per heavy atom. The van der Waals surface area contributed by atoms with Crippen molar-refractivity contribution >= 4 is 5.91 Å². The minimum Gasteiger partial charge on any atom is -0.378 e. The lowest BCUT2D eigenvalue weighted by atomic mass is 9.79. The Bertz CT molecular complexity index is 288. The summed E-state index contributed by atoms with van der Waals surface area (Å²) in [6.07, 6.45) is 3.94. The lowest BCUT2D eigenvalue weighted by molar-refractivity contribution is -0.126. The number of carbonyl (C=O) groups is 1. The Morgan fingerprint density at radius 3 is 2.58 bits per heavy atom. The first-order valence-corrected chi connectivity index (χ1v) is 7.51. The number of hydrogen-bond donors (Lipinski definition) is 2. The maximum absolute atomic E-state index is 12.1. The van der Waals surface area contributed by atoms with Crippen molar-refractivity contribution in [3.05, 3.63) is 0 Å². The van der Waals surface area contributed by atoms with Gasteiger partial charge >= 0.3 is 0 Å². The average molecular weight is 270 g/mol. The summed E-state index contributed by atoms with van der Waals surface area (Å²) in [5.41, 5.74) is 5.54. The number of amides is 1. The topological polar surface area (TPSA) is 64.3 Å². The van der Waals surface area contributed by atoms with Gasteiger partial charge in [0, 0.05) is 25.1 Å². The van der Waals surface area contributed by atoms with E-state index in [0.717, 1.165) is 25.9 Å². The van der Waals surface area contributed by atoms with E-state index in [4.69, 9.17) is 10.5 Å². The molecule has 4 heteroatoms. The second-order valence-electron chi connectivity index (χ2n) is 6.53. The van der Waals surface area contributed by atoms with Crippen LogP contribution in [0.3, 0.4) is 0 Å². The molecule has 0 saturated heterocycles. The summed E-state index contributed by atoms with van der Waals surface area (Å²) in [5.74, 6) is 1.14. The van der Waals surface area contributed by atoms with E-state index in [0.29, 0.717) is 30.9 Å². The fourth-order valence-electron chi connectivity index (χ4n) is 2.95. The second kappa shape index (κ2) is 7.25. The van der Waals surface area contributed by atoms with Crippen molar-refractivity contribution in [3.63, 3.8) is 0 Å². The molecule has 0 bridgehead atoms. The van der Waals surface area contributed by atoms with E-state index < -0.39 is 0 Å². The van der Waals surface area contributed by atoms with Gasteiger partial charge in [0.25, 0.3) is 0 Å². The summed E-state index contributed by atoms with van der Waals surface area (Å²) in [6, 6.07) is 0. The van der Waals surface area contributed by atoms with Crippen molar-refractivity contribution in [1.82, 2.24) is 5.32 Å². The van der Waals surface area contributed by atoms with Gasteiger partial charge in [-0.25, -0.2) is 0 Å². The molecule has 0 spiro atoms. The Balaban J connectivity index is 2.30. The van der Waals surface area contributed by atoms with E-state index >= 15 is 0 Å². The maximum atomic E-state index is 12.1. The molecule has 0 heterocycles. The Morgan fingerprint density at radius 1 is 1.47 bits per heavy atom. The molecule has 1 aliphatic rings. The first kappa shape index (κ1) is 16.4. The smallest absolute Gasteiger partial charge is 0.220 e. The lowest BCUT2D eigenvalue weighted by Gasteiger charge is -2.36. The molecule has 0 aromatic heterocycles. The molecule has 1 saturated carbocycles. The number of nitrogens with two attached hydrogens (primary N) is 1. The summed E-state index contributed by atoms with van der Waals surface area (Å²) in [5, 5.41) is 3.12. The van der Waals surface area contributed by atoms with Crippen LogP contribution in [0, 0.1) is 11.8 Å². The molecule has 0 aromatic carbocycles. The Hall–Kier alpha value is -0.610. The van der Waals surface area contributed by atoms with Crippen LogP contribution in [0.5, 0.6) is 0 Å². The predicted octanol–water partition coefficient (Wildman–Crippen LogP) is 2.07. The predicted molar refractivity (Wildman–Crippen MR) is 77.8 cm³/mol. The highest BCUT2D eigenvalue weighted by Crippen LogP contribution is 2.32. The van der Waals surface area contributed by atoms with Crippen molar-refractivity contribution in [2.45, 2.75) is 65.0 Å². The monoisotopic (exact) mass is 270 g/mol. The zero-order chi connectivity index (χ0) is 14.5. The Labute approximate surface area is 117 Å². The second-order valence-corrected chi connectivity index (χ2v) is 6.53. The minimum atomic E-state index is -0.270. The van der Waals surface area contributed by atoms with Gasteiger partial charge < -0.3 is 15.8 Å². The third kappa shape index (κ3) is 5.49. The lowest BCUT2D eigenvalue weighted by Crippen LogP contribution is -2.52. The van der Waals surface area contributed by atoms with E-state index in [1.165, 1.54) is 0 Å². The van der Waals surface area contributed by atoms with E-state index in [9.17, 15) is 4.79 Å². The van der Waals surface area contributed by atoms with Gasteiger partial charge in [-0.2, -0.15) is 0 Å². The van der Waals surface area contributed by atoms with Crippen molar-refractivity contribution in [1.29, 1.82) is 0 Å². The van der Waals surface area contributed by atoms with Crippen molar-refractivity contribution < 1.29 is 9.53 Å². The highest BCUT2D eigenvalue weighted by molar-refractivity contribution is 5.77. The molecule has 112 valence electrons. The van der Waals surface area contributed by atoms with Crippen LogP contribution >= 0.6 is 0 Å². The highest BCUT2D eigenvalue weighted by Gasteiger charge is 2.33. The molecule has 1 amide bonds. The summed E-state index contributed by atoms with van der Waals surface area (Å²) < 4.78 is 5.51. The van der Waals surface area contributed by atoms with Crippen LogP contribution in [0.2, 0.25) is 0 Å². The van der Waals surface area contributed by atoms with Crippen LogP contribution in [0.15, 0.2) is 0 Å². The fourth-order valence-corrected chi connectivity index (χ4v) is 2.95. The first-order valence-electron chi connectivity index (χ1n) is 7.51. The molecule has 1 rings (SSSR count). The molecule has 1 fully saturated rings. The normalized spacial score (nSPS) is 25.8. The molecule has 0 radical (unpaired) electrons. The quantitative estimate of drug-likeness (QED) is 0.709. The summed E-state index contributed by atoms with van der Waals surface area (Å²) >= 11 is 0. The number of hydrogen-bond acceptors (Lipinski definition) is 3. The maximum Gasteiger partial charge on any atom is 0.220 e. The van der Waals surface area contributed by atoms with Gasteiger partial charge in [-0.3, -0.25) is 4.79 Å². The molecular weight excluding hydrogens is 240 g/mol. The largest absolute Gasteiger partial charge is 0.378 e. The van der Waals surface area contributed by atoms with Crippen LogP contribution in [-0.2, 0) is 9.53 Å². The molecule has 4 nitrogen and oxygen atoms in total. The molecule has 1 aliphatic carbocycles. The standard InChI is InChI=1S/C15H30N2O2/c1-5-19-13-6-12(7-13)8-14(18)17-15(4,10-16)9-11(2)3/h11-13H,5-10,16H2,1-4H3,(H,17,18). The SMILES string of the molecule is CCOC1CC(CC(=O)NC(C)(CN)CC(C)C)C1. The van der Waals surface area contributed by atoms with Crippen molar-refractivity contribution in [3.8, 4) is 0 Å². The van der Waals surface area contributed by atoms with Crippen molar-refractivity contribution in [2.75, 3.05) is 13.2 Å². The van der Waals surface area contributed by atoms with E-state index in [2.05, 4.69) is 19.2 Å². The molecule has 19 heavy (non-hydrogen) atoms. The fraction of sp³-hybridized carbons (Fsp3) is 0.933. The summed E-state index contributed by atoms with van der Waals surface area (Å²) in [7, 11) is 0. The van der Waals surface area contributed by atoms with Gasteiger partial charge in [0.1, 0.15) is 0 Å². The third-order valence-electron chi connectivity index (χ3n) is 3.82. The molecule has 1 atom stereocenters. The van der Waals surface area contributed by atoms with Gasteiger partial charge in [-0.15, -0.1) is 0 Å². The number of ether oxygens (including phenoxy) is 1. The Kier molecular flexibility index (Phi) is 6.27. The molecule has 0 aromatic rings. The zero-order valence-electron chi connectivity index (χ0n) is 12.9. The number of carbonyl (C=O) groups excluding carboxylic acids is 1. The van der Waals surface area contributed by atoms with E-state index in [1.54, 1.807) is 0 Å². The summed E-state index contributed by atoms with van der Waals surface area (Å²) in [6.45, 7) is 9.61. The van der Waals surface area contributed by atoms with Crippen molar-refractivity contribution in [2.24, 2.45) is 17.6 Å². The highest BCUT2D eigenvalue weighted by atomic mass is 16.5. The van der Waals surface area contributed by atoms with E-state index in [1.807, 2.05) is 13.8 Å². The molecule has 0 aliphatic heterocycles. The van der Waals surface area contributed by atoms with Gasteiger partial charge in [0.15, 0.2) is 0 Å². The first-order chi connectivity index (χ1) is 8.88. The van der Waals surface area contributed by atoms with Crippen LogP contribution in [0.1, 0.15) is 53.4 Å². The van der Waals surface area contributed by atoms with Crippen LogP contribution < -0.4 is 11.1 Å². The number of nitrogens with one attached hydrogen (secondary N) is 1. The van der Waals surface area contributed by atoms with E-state index in [-0.39, 0.29) is 11.4 Å². The van der Waals surface area contributed by atoms with Gasteiger partial charge in [0.05, 0.1) is 6.10 Å². The van der Waals surface area contributed by atoms with Gasteiger partial charge in [-0.05, 0) is 44.9 Å².